The molecule has 2 heterocycles. The van der Waals surface area contributed by atoms with Gasteiger partial charge in [0.05, 0.1) is 31.9 Å². The topological polar surface area (TPSA) is 80.8 Å². The van der Waals surface area contributed by atoms with Crippen molar-refractivity contribution >= 4 is 33.4 Å². The van der Waals surface area contributed by atoms with Crippen molar-refractivity contribution in [2.24, 2.45) is 0 Å². The molecule has 3 aromatic rings. The number of anilines is 1. The largest absolute Gasteiger partial charge is 0.493 e. The summed E-state index contributed by atoms with van der Waals surface area (Å²) in [6.45, 7) is 1.98. The lowest BCUT2D eigenvalue weighted by molar-refractivity contribution is -0.119. The molecule has 2 amide bonds. The fraction of sp³-hybridized carbons (Fsp3) is 0.240. The molecule has 0 aliphatic carbocycles. The average molecular weight is 510 g/mol. The zero-order chi connectivity index (χ0) is 23.7. The zero-order valence-electron chi connectivity index (χ0n) is 18.8. The van der Waals surface area contributed by atoms with Gasteiger partial charge in [-0.1, -0.05) is 12.1 Å². The highest BCUT2D eigenvalue weighted by molar-refractivity contribution is 9.10. The molecule has 2 atom stereocenters. The van der Waals surface area contributed by atoms with Gasteiger partial charge >= 0.3 is 0 Å². The predicted octanol–water partition coefficient (Wildman–Crippen LogP) is 4.72. The molecule has 1 aliphatic rings. The van der Waals surface area contributed by atoms with Crippen LogP contribution in [0.4, 0.5) is 5.69 Å². The SMILES string of the molecule is COc1cc2c(cc1OC)[C@H](C(=O)Nc1ccc(C)cc1Br)[C@@H](c1cccnc1)N(C)C2=O. The molecule has 33 heavy (non-hydrogen) atoms. The van der Waals surface area contributed by atoms with Gasteiger partial charge in [0, 0.05) is 29.5 Å². The molecule has 1 N–H and O–H groups in total. The number of nitrogens with one attached hydrogen (secondary N) is 1. The number of aryl methyl sites for hydroxylation is 1. The van der Waals surface area contributed by atoms with Gasteiger partial charge in [0.1, 0.15) is 0 Å². The maximum Gasteiger partial charge on any atom is 0.254 e. The average Bonchev–Trinajstić information content (AvgIpc) is 2.82. The van der Waals surface area contributed by atoms with Crippen molar-refractivity contribution in [1.29, 1.82) is 0 Å². The smallest absolute Gasteiger partial charge is 0.254 e. The van der Waals surface area contributed by atoms with Gasteiger partial charge in [-0.2, -0.15) is 0 Å². The number of hydrogen-bond acceptors (Lipinski definition) is 5. The third-order valence-corrected chi connectivity index (χ3v) is 6.52. The highest BCUT2D eigenvalue weighted by Gasteiger charge is 2.43. The minimum atomic E-state index is -0.708. The van der Waals surface area contributed by atoms with Gasteiger partial charge in [0.15, 0.2) is 11.5 Å². The summed E-state index contributed by atoms with van der Waals surface area (Å²) < 4.78 is 11.7. The molecule has 170 valence electrons. The Morgan fingerprint density at radius 1 is 1.12 bits per heavy atom. The van der Waals surface area contributed by atoms with Crippen LogP contribution in [0.25, 0.3) is 0 Å². The van der Waals surface area contributed by atoms with Crippen LogP contribution in [0.2, 0.25) is 0 Å². The first-order valence-electron chi connectivity index (χ1n) is 10.4. The van der Waals surface area contributed by atoms with Crippen molar-refractivity contribution in [1.82, 2.24) is 9.88 Å². The molecule has 1 aromatic heterocycles. The summed E-state index contributed by atoms with van der Waals surface area (Å²) in [5, 5.41) is 3.03. The molecule has 0 saturated heterocycles. The number of carbonyl (C=O) groups excluding carboxylic acids is 2. The molecule has 0 bridgehead atoms. The van der Waals surface area contributed by atoms with E-state index in [1.165, 1.54) is 14.2 Å². The lowest BCUT2D eigenvalue weighted by Gasteiger charge is -2.40. The summed E-state index contributed by atoms with van der Waals surface area (Å²) >= 11 is 3.53. The highest BCUT2D eigenvalue weighted by atomic mass is 79.9. The van der Waals surface area contributed by atoms with Gasteiger partial charge in [-0.25, -0.2) is 0 Å². The number of halogens is 1. The van der Waals surface area contributed by atoms with Crippen LogP contribution in [0.15, 0.2) is 59.3 Å². The van der Waals surface area contributed by atoms with E-state index in [4.69, 9.17) is 9.47 Å². The van der Waals surface area contributed by atoms with Crippen molar-refractivity contribution in [3.05, 3.63) is 81.6 Å². The Hall–Kier alpha value is -3.39. The Morgan fingerprint density at radius 2 is 1.85 bits per heavy atom. The molecule has 8 heteroatoms. The van der Waals surface area contributed by atoms with Crippen LogP contribution in [-0.4, -0.2) is 43.0 Å². The van der Waals surface area contributed by atoms with Crippen LogP contribution in [0.3, 0.4) is 0 Å². The van der Waals surface area contributed by atoms with Crippen LogP contribution in [0.5, 0.6) is 11.5 Å². The normalized spacial score (nSPS) is 17.4. The van der Waals surface area contributed by atoms with Crippen LogP contribution >= 0.6 is 15.9 Å². The molecule has 0 fully saturated rings. The lowest BCUT2D eigenvalue weighted by atomic mass is 9.79. The monoisotopic (exact) mass is 509 g/mol. The Bertz CT molecular complexity index is 1220. The number of rotatable bonds is 5. The van der Waals surface area contributed by atoms with Crippen molar-refractivity contribution in [2.75, 3.05) is 26.6 Å². The first-order chi connectivity index (χ1) is 15.8. The number of ether oxygens (including phenoxy) is 2. The van der Waals surface area contributed by atoms with E-state index < -0.39 is 12.0 Å². The van der Waals surface area contributed by atoms with Gasteiger partial charge in [-0.05, 0) is 69.9 Å². The number of nitrogens with zero attached hydrogens (tertiary/aromatic N) is 2. The Kier molecular flexibility index (Phi) is 6.37. The van der Waals surface area contributed by atoms with E-state index >= 15 is 0 Å². The number of aromatic nitrogens is 1. The molecule has 1 aliphatic heterocycles. The predicted molar refractivity (Wildman–Crippen MR) is 129 cm³/mol. The number of fused-ring (bicyclic) bond motifs is 1. The van der Waals surface area contributed by atoms with Crippen LogP contribution < -0.4 is 14.8 Å². The quantitative estimate of drug-likeness (QED) is 0.538. The van der Waals surface area contributed by atoms with E-state index in [1.807, 2.05) is 31.2 Å². The number of amides is 2. The summed E-state index contributed by atoms with van der Waals surface area (Å²) in [5.41, 5.74) is 3.45. The minimum Gasteiger partial charge on any atom is -0.493 e. The summed E-state index contributed by atoms with van der Waals surface area (Å²) in [6, 6.07) is 12.2. The Balaban J connectivity index is 1.88. The number of pyridine rings is 1. The fourth-order valence-electron chi connectivity index (χ4n) is 4.23. The molecule has 0 radical (unpaired) electrons. The van der Waals surface area contributed by atoms with E-state index in [1.54, 1.807) is 42.5 Å². The van der Waals surface area contributed by atoms with Crippen molar-refractivity contribution in [2.45, 2.75) is 18.9 Å². The van der Waals surface area contributed by atoms with Crippen molar-refractivity contribution in [3.63, 3.8) is 0 Å². The minimum absolute atomic E-state index is 0.208. The molecular weight excluding hydrogens is 486 g/mol. The Morgan fingerprint density at radius 3 is 2.48 bits per heavy atom. The van der Waals surface area contributed by atoms with Gasteiger partial charge in [-0.3, -0.25) is 14.6 Å². The first-order valence-corrected chi connectivity index (χ1v) is 11.1. The van der Waals surface area contributed by atoms with E-state index in [-0.39, 0.29) is 11.8 Å². The lowest BCUT2D eigenvalue weighted by Crippen LogP contribution is -2.44. The first kappa shape index (κ1) is 22.8. The third kappa shape index (κ3) is 4.18. The zero-order valence-corrected chi connectivity index (χ0v) is 20.3. The number of benzene rings is 2. The summed E-state index contributed by atoms with van der Waals surface area (Å²) in [4.78, 5) is 33.0. The standard InChI is InChI=1S/C25H24BrN3O4/c1-14-7-8-19(18(26)10-14)28-24(30)22-16-11-20(32-3)21(33-4)12-17(16)25(31)29(2)23(22)15-6-5-9-27-13-15/h5-13,22-23H,1-4H3,(H,28,30)/t22-,23+/m0/s1. The van der Waals surface area contributed by atoms with Gasteiger partial charge < -0.3 is 19.7 Å². The summed E-state index contributed by atoms with van der Waals surface area (Å²) in [7, 11) is 4.73. The van der Waals surface area contributed by atoms with E-state index in [2.05, 4.69) is 26.2 Å². The number of likely N-dealkylation sites (N-methyl/N-ethyl adjacent to an activating group) is 1. The summed E-state index contributed by atoms with van der Waals surface area (Å²) in [6.07, 6.45) is 3.34. The van der Waals surface area contributed by atoms with Crippen molar-refractivity contribution in [3.8, 4) is 11.5 Å². The van der Waals surface area contributed by atoms with Crippen LogP contribution in [0.1, 0.15) is 39.0 Å². The molecule has 2 aromatic carbocycles. The second kappa shape index (κ2) is 9.23. The number of hydrogen-bond donors (Lipinski definition) is 1. The van der Waals surface area contributed by atoms with Gasteiger partial charge in [-0.15, -0.1) is 0 Å². The molecule has 0 unspecified atom stereocenters. The second-order valence-electron chi connectivity index (χ2n) is 7.89. The highest BCUT2D eigenvalue weighted by Crippen LogP contribution is 2.46. The van der Waals surface area contributed by atoms with E-state index in [0.29, 0.717) is 28.3 Å². The number of methoxy groups -OCH3 is 2. The van der Waals surface area contributed by atoms with Gasteiger partial charge in [0.2, 0.25) is 5.91 Å². The molecule has 7 nitrogen and oxygen atoms in total. The van der Waals surface area contributed by atoms with Crippen LogP contribution in [-0.2, 0) is 4.79 Å². The fourth-order valence-corrected chi connectivity index (χ4v) is 4.82. The van der Waals surface area contributed by atoms with E-state index in [0.717, 1.165) is 15.6 Å². The molecule has 4 rings (SSSR count). The van der Waals surface area contributed by atoms with E-state index in [9.17, 15) is 9.59 Å². The second-order valence-corrected chi connectivity index (χ2v) is 8.75. The molecule has 0 saturated carbocycles. The van der Waals surface area contributed by atoms with Crippen LogP contribution in [0, 0.1) is 6.92 Å². The maximum absolute atomic E-state index is 13.8. The van der Waals surface area contributed by atoms with Gasteiger partial charge in [0.25, 0.3) is 5.91 Å². The molecular formula is C25H24BrN3O4. The maximum atomic E-state index is 13.8. The van der Waals surface area contributed by atoms with Crippen molar-refractivity contribution < 1.29 is 19.1 Å². The summed E-state index contributed by atoms with van der Waals surface area (Å²) in [5.74, 6) is -0.285. The number of carbonyl (C=O) groups is 2. The Labute approximate surface area is 200 Å². The third-order valence-electron chi connectivity index (χ3n) is 5.87. The molecule has 0 spiro atoms.